The molecule has 12 heavy (non-hydrogen) atoms. The van der Waals surface area contributed by atoms with Crippen LogP contribution in [-0.4, -0.2) is 5.78 Å². The van der Waals surface area contributed by atoms with Gasteiger partial charge in [0.1, 0.15) is 5.78 Å². The Morgan fingerprint density at radius 1 is 1.25 bits per heavy atom. The predicted molar refractivity (Wildman–Crippen MR) is 53.2 cm³/mol. The molecule has 0 aromatic rings. The van der Waals surface area contributed by atoms with Gasteiger partial charge >= 0.3 is 0 Å². The van der Waals surface area contributed by atoms with Crippen LogP contribution in [0.2, 0.25) is 0 Å². The van der Waals surface area contributed by atoms with Crippen molar-refractivity contribution >= 4 is 5.78 Å². The fraction of sp³-hybridized carbons (Fsp3) is 0.909. The Balaban J connectivity index is 3.46. The van der Waals surface area contributed by atoms with E-state index < -0.39 is 0 Å². The molecule has 0 heterocycles. The van der Waals surface area contributed by atoms with Gasteiger partial charge in [-0.2, -0.15) is 0 Å². The third-order valence-corrected chi connectivity index (χ3v) is 2.37. The molecule has 0 aliphatic heterocycles. The lowest BCUT2D eigenvalue weighted by Crippen LogP contribution is -2.04. The van der Waals surface area contributed by atoms with Crippen molar-refractivity contribution < 1.29 is 4.79 Å². The van der Waals surface area contributed by atoms with E-state index in [1.165, 1.54) is 25.7 Å². The molecule has 72 valence electrons. The van der Waals surface area contributed by atoms with E-state index in [2.05, 4.69) is 13.8 Å². The number of ketones is 1. The summed E-state index contributed by atoms with van der Waals surface area (Å²) in [4.78, 5) is 10.8. The number of unbranched alkanes of at least 4 members (excludes halogenated alkanes) is 2. The van der Waals surface area contributed by atoms with Crippen LogP contribution in [0.3, 0.4) is 0 Å². The van der Waals surface area contributed by atoms with E-state index in [4.69, 9.17) is 0 Å². The fourth-order valence-corrected chi connectivity index (χ4v) is 1.54. The molecular weight excluding hydrogens is 148 g/mol. The standard InChI is InChI=1S/C11H22O/c1-4-6-7-8-11(5-2)9-10(3)12/h11H,4-9H2,1-3H3/t11-/m1/s1. The molecule has 0 aromatic carbocycles. The number of hydrogen-bond donors (Lipinski definition) is 0. The molecule has 0 aliphatic rings. The molecule has 0 saturated heterocycles. The van der Waals surface area contributed by atoms with Crippen molar-refractivity contribution in [3.63, 3.8) is 0 Å². The van der Waals surface area contributed by atoms with E-state index in [0.29, 0.717) is 11.7 Å². The van der Waals surface area contributed by atoms with Crippen LogP contribution in [0.1, 0.15) is 59.3 Å². The maximum Gasteiger partial charge on any atom is 0.130 e. The SMILES string of the molecule is CCCCC[C@@H](CC)CC(C)=O. The van der Waals surface area contributed by atoms with Crippen LogP contribution < -0.4 is 0 Å². The van der Waals surface area contributed by atoms with Crippen LogP contribution in [0.25, 0.3) is 0 Å². The second-order valence-corrected chi connectivity index (χ2v) is 3.68. The zero-order chi connectivity index (χ0) is 9.40. The minimum absolute atomic E-state index is 0.346. The van der Waals surface area contributed by atoms with E-state index >= 15 is 0 Å². The van der Waals surface area contributed by atoms with Crippen LogP contribution in [0.5, 0.6) is 0 Å². The summed E-state index contributed by atoms with van der Waals surface area (Å²) in [6, 6.07) is 0. The zero-order valence-corrected chi connectivity index (χ0v) is 8.73. The lowest BCUT2D eigenvalue weighted by Gasteiger charge is -2.11. The lowest BCUT2D eigenvalue weighted by atomic mass is 9.94. The number of carbonyl (C=O) groups is 1. The highest BCUT2D eigenvalue weighted by molar-refractivity contribution is 5.75. The van der Waals surface area contributed by atoms with Crippen LogP contribution in [0.15, 0.2) is 0 Å². The molecule has 0 unspecified atom stereocenters. The summed E-state index contributed by atoms with van der Waals surface area (Å²) in [5, 5.41) is 0. The maximum absolute atomic E-state index is 10.8. The number of Topliss-reactive ketones (excluding diaryl/α,β-unsaturated/α-hetero) is 1. The molecule has 0 fully saturated rings. The molecule has 1 atom stereocenters. The smallest absolute Gasteiger partial charge is 0.130 e. The number of hydrogen-bond acceptors (Lipinski definition) is 1. The molecule has 0 spiro atoms. The highest BCUT2D eigenvalue weighted by atomic mass is 16.1. The van der Waals surface area contributed by atoms with E-state index in [1.807, 2.05) is 0 Å². The number of rotatable bonds is 7. The van der Waals surface area contributed by atoms with Gasteiger partial charge in [0, 0.05) is 6.42 Å². The summed E-state index contributed by atoms with van der Waals surface area (Å²) in [7, 11) is 0. The molecular formula is C11H22O. The molecule has 0 saturated carbocycles. The Hall–Kier alpha value is -0.330. The quantitative estimate of drug-likeness (QED) is 0.534. The summed E-state index contributed by atoms with van der Waals surface area (Å²) < 4.78 is 0. The van der Waals surface area contributed by atoms with E-state index in [1.54, 1.807) is 6.92 Å². The van der Waals surface area contributed by atoms with Crippen LogP contribution in [0, 0.1) is 5.92 Å². The summed E-state index contributed by atoms with van der Waals surface area (Å²) in [6.07, 6.45) is 7.07. The Kier molecular flexibility index (Phi) is 7.12. The Morgan fingerprint density at radius 3 is 2.33 bits per heavy atom. The van der Waals surface area contributed by atoms with Gasteiger partial charge in [-0.3, -0.25) is 0 Å². The van der Waals surface area contributed by atoms with Crippen molar-refractivity contribution in [3.8, 4) is 0 Å². The molecule has 0 aliphatic carbocycles. The molecule has 0 N–H and O–H groups in total. The minimum Gasteiger partial charge on any atom is -0.300 e. The minimum atomic E-state index is 0.346. The van der Waals surface area contributed by atoms with Crippen molar-refractivity contribution in [1.82, 2.24) is 0 Å². The summed E-state index contributed by atoms with van der Waals surface area (Å²) in [6.45, 7) is 6.09. The average Bonchev–Trinajstić information content (AvgIpc) is 2.02. The van der Waals surface area contributed by atoms with Crippen molar-refractivity contribution in [1.29, 1.82) is 0 Å². The topological polar surface area (TPSA) is 17.1 Å². The molecule has 0 rings (SSSR count). The number of carbonyl (C=O) groups excluding carboxylic acids is 1. The van der Waals surface area contributed by atoms with Gasteiger partial charge in [-0.05, 0) is 12.8 Å². The average molecular weight is 170 g/mol. The molecule has 1 heteroatoms. The van der Waals surface area contributed by atoms with E-state index in [9.17, 15) is 4.79 Å². The maximum atomic E-state index is 10.8. The predicted octanol–water partition coefficient (Wildman–Crippen LogP) is 3.57. The Labute approximate surface area is 76.6 Å². The van der Waals surface area contributed by atoms with Gasteiger partial charge in [0.2, 0.25) is 0 Å². The first kappa shape index (κ1) is 11.7. The first-order valence-electron chi connectivity index (χ1n) is 5.20. The first-order valence-corrected chi connectivity index (χ1v) is 5.20. The molecule has 0 radical (unpaired) electrons. The molecule has 0 bridgehead atoms. The first-order chi connectivity index (χ1) is 5.70. The second-order valence-electron chi connectivity index (χ2n) is 3.68. The largest absolute Gasteiger partial charge is 0.300 e. The van der Waals surface area contributed by atoms with Crippen LogP contribution in [0.4, 0.5) is 0 Å². The van der Waals surface area contributed by atoms with Crippen LogP contribution >= 0.6 is 0 Å². The third-order valence-electron chi connectivity index (χ3n) is 2.37. The molecule has 1 nitrogen and oxygen atoms in total. The van der Waals surface area contributed by atoms with Crippen molar-refractivity contribution in [2.45, 2.75) is 59.3 Å². The third kappa shape index (κ3) is 6.38. The van der Waals surface area contributed by atoms with E-state index in [0.717, 1.165) is 12.8 Å². The van der Waals surface area contributed by atoms with Gasteiger partial charge in [0.05, 0.1) is 0 Å². The normalized spacial score (nSPS) is 12.9. The lowest BCUT2D eigenvalue weighted by molar-refractivity contribution is -0.117. The fourth-order valence-electron chi connectivity index (χ4n) is 1.54. The molecule has 0 aromatic heterocycles. The highest BCUT2D eigenvalue weighted by Crippen LogP contribution is 2.17. The van der Waals surface area contributed by atoms with Gasteiger partial charge in [-0.25, -0.2) is 0 Å². The second kappa shape index (κ2) is 7.33. The van der Waals surface area contributed by atoms with Crippen molar-refractivity contribution in [3.05, 3.63) is 0 Å². The summed E-state index contributed by atoms with van der Waals surface area (Å²) in [5.74, 6) is 0.993. The summed E-state index contributed by atoms with van der Waals surface area (Å²) >= 11 is 0. The molecule has 0 amide bonds. The van der Waals surface area contributed by atoms with Gasteiger partial charge in [0.15, 0.2) is 0 Å². The Bertz CT molecular complexity index is 118. The highest BCUT2D eigenvalue weighted by Gasteiger charge is 2.07. The van der Waals surface area contributed by atoms with E-state index in [-0.39, 0.29) is 0 Å². The monoisotopic (exact) mass is 170 g/mol. The van der Waals surface area contributed by atoms with Gasteiger partial charge in [-0.1, -0.05) is 46.0 Å². The van der Waals surface area contributed by atoms with Crippen molar-refractivity contribution in [2.75, 3.05) is 0 Å². The van der Waals surface area contributed by atoms with Gasteiger partial charge in [0.25, 0.3) is 0 Å². The van der Waals surface area contributed by atoms with Crippen LogP contribution in [-0.2, 0) is 4.79 Å². The summed E-state index contributed by atoms with van der Waals surface area (Å²) in [5.41, 5.74) is 0. The zero-order valence-electron chi connectivity index (χ0n) is 8.73. The van der Waals surface area contributed by atoms with Gasteiger partial charge < -0.3 is 4.79 Å². The Morgan fingerprint density at radius 2 is 1.92 bits per heavy atom. The van der Waals surface area contributed by atoms with Crippen molar-refractivity contribution in [2.24, 2.45) is 5.92 Å². The van der Waals surface area contributed by atoms with Gasteiger partial charge in [-0.15, -0.1) is 0 Å².